The Balaban J connectivity index is 2.33. The number of unbranched alkanes of at least 4 members (excludes halogenated alkanes) is 24. The number of carbonyl (C=O) groups is 2. The topological polar surface area (TPSA) is 159 Å². The summed E-state index contributed by atoms with van der Waals surface area (Å²) in [5.74, 6) is -0.367. The fourth-order valence-corrected chi connectivity index (χ4v) is 6.82. The molecule has 0 fully saturated rings. The van der Waals surface area contributed by atoms with Crippen molar-refractivity contribution in [3.05, 3.63) is 18.2 Å². The van der Waals surface area contributed by atoms with Gasteiger partial charge in [0.25, 0.3) is 0 Å². The van der Waals surface area contributed by atoms with Crippen LogP contribution >= 0.6 is 7.82 Å². The third-order valence-electron chi connectivity index (χ3n) is 9.32. The van der Waals surface area contributed by atoms with Crippen molar-refractivity contribution in [1.82, 2.24) is 9.97 Å². The lowest BCUT2D eigenvalue weighted by molar-refractivity contribution is -0.161. The average Bonchev–Trinajstić information content (AvgIpc) is 3.68. The van der Waals surface area contributed by atoms with Crippen molar-refractivity contribution in [3.63, 3.8) is 0 Å². The lowest BCUT2D eigenvalue weighted by atomic mass is 10.0. The number of aromatic nitrogens is 2. The number of imidazole rings is 1. The molecule has 0 aliphatic heterocycles. The minimum atomic E-state index is -4.51. The highest BCUT2D eigenvalue weighted by Gasteiger charge is 2.26. The van der Waals surface area contributed by atoms with E-state index in [1.165, 1.54) is 128 Å². The van der Waals surface area contributed by atoms with Gasteiger partial charge in [0.15, 0.2) is 11.9 Å². The van der Waals surface area contributed by atoms with Crippen LogP contribution in [-0.4, -0.2) is 65.5 Å². The third-order valence-corrected chi connectivity index (χ3v) is 10.3. The molecule has 314 valence electrons. The van der Waals surface area contributed by atoms with Crippen molar-refractivity contribution >= 4 is 26.0 Å². The Bertz CT molecular complexity index is 1070. The SMILES string of the molecule is CCCCCCCCCCCCCCCC(=O)OC[C@H](COP(=O)(O)OCCO/N=C/c1ncc[nH]1)OC(=O)CCCCCCCCCCCCCCC. The summed E-state index contributed by atoms with van der Waals surface area (Å²) in [6.07, 6.45) is 35.4. The Hall–Kier alpha value is -2.27. The van der Waals surface area contributed by atoms with Gasteiger partial charge in [0.1, 0.15) is 19.4 Å². The van der Waals surface area contributed by atoms with Crippen molar-refractivity contribution in [3.8, 4) is 0 Å². The molecule has 0 saturated heterocycles. The summed E-state index contributed by atoms with van der Waals surface area (Å²) in [7, 11) is -4.51. The summed E-state index contributed by atoms with van der Waals surface area (Å²) in [5, 5.41) is 3.69. The van der Waals surface area contributed by atoms with Gasteiger partial charge in [0.05, 0.1) is 13.2 Å². The highest BCUT2D eigenvalue weighted by atomic mass is 31.2. The van der Waals surface area contributed by atoms with Crippen LogP contribution in [-0.2, 0) is 37.5 Å². The predicted octanol–water partition coefficient (Wildman–Crippen LogP) is 11.3. The van der Waals surface area contributed by atoms with Crippen LogP contribution in [0.15, 0.2) is 17.5 Å². The van der Waals surface area contributed by atoms with E-state index < -0.39 is 32.5 Å². The third kappa shape index (κ3) is 33.1. The zero-order chi connectivity index (χ0) is 39.2. The number of carbonyl (C=O) groups excluding carboxylic acids is 2. The van der Waals surface area contributed by atoms with Gasteiger partial charge in [-0.2, -0.15) is 0 Å². The molecule has 0 amide bonds. The molecule has 0 aliphatic carbocycles. The van der Waals surface area contributed by atoms with E-state index in [2.05, 4.69) is 29.0 Å². The fraction of sp³-hybridized carbons (Fsp3) is 0.854. The molecule has 0 bridgehead atoms. The van der Waals surface area contributed by atoms with E-state index in [4.69, 9.17) is 23.4 Å². The number of nitrogens with one attached hydrogen (secondary N) is 1. The van der Waals surface area contributed by atoms with Crippen LogP contribution in [0.5, 0.6) is 0 Å². The summed E-state index contributed by atoms with van der Waals surface area (Å²) in [4.78, 5) is 47.1. The number of esters is 2. The fourth-order valence-electron chi connectivity index (χ4n) is 6.09. The van der Waals surface area contributed by atoms with Gasteiger partial charge in [-0.05, 0) is 12.8 Å². The molecule has 1 unspecified atom stereocenters. The smallest absolute Gasteiger partial charge is 0.462 e. The molecule has 12 nitrogen and oxygen atoms in total. The normalized spacial score (nSPS) is 13.2. The van der Waals surface area contributed by atoms with Crippen LogP contribution in [0.1, 0.15) is 199 Å². The Morgan fingerprint density at radius 1 is 0.685 bits per heavy atom. The molecule has 0 aromatic carbocycles. The number of hydrogen-bond acceptors (Lipinski definition) is 10. The maximum atomic E-state index is 12.7. The van der Waals surface area contributed by atoms with Gasteiger partial charge in [-0.15, -0.1) is 0 Å². The zero-order valence-electron chi connectivity index (χ0n) is 34.0. The Labute approximate surface area is 327 Å². The lowest BCUT2D eigenvalue weighted by Gasteiger charge is -2.20. The quantitative estimate of drug-likeness (QED) is 0.0215. The van der Waals surface area contributed by atoms with Crippen molar-refractivity contribution in [2.24, 2.45) is 5.16 Å². The average molecular weight is 786 g/mol. The molecule has 1 aromatic rings. The number of phosphoric acid groups is 1. The molecule has 54 heavy (non-hydrogen) atoms. The Kier molecular flexibility index (Phi) is 33.5. The number of nitrogens with zero attached hydrogens (tertiary/aromatic N) is 2. The molecule has 0 radical (unpaired) electrons. The van der Waals surface area contributed by atoms with E-state index >= 15 is 0 Å². The van der Waals surface area contributed by atoms with Crippen LogP contribution in [0, 0.1) is 0 Å². The van der Waals surface area contributed by atoms with E-state index in [1.807, 2.05) is 0 Å². The summed E-state index contributed by atoms with van der Waals surface area (Å²) in [5.41, 5.74) is 0. The minimum Gasteiger partial charge on any atom is -0.462 e. The van der Waals surface area contributed by atoms with Crippen LogP contribution in [0.4, 0.5) is 0 Å². The van der Waals surface area contributed by atoms with E-state index in [1.54, 1.807) is 12.4 Å². The largest absolute Gasteiger partial charge is 0.472 e. The minimum absolute atomic E-state index is 0.112. The number of H-pyrrole nitrogens is 1. The van der Waals surface area contributed by atoms with Crippen molar-refractivity contribution in [2.45, 2.75) is 200 Å². The molecule has 1 rings (SSSR count). The summed E-state index contributed by atoms with van der Waals surface area (Å²) in [6, 6.07) is 0. The first-order valence-corrected chi connectivity index (χ1v) is 23.0. The first-order valence-electron chi connectivity index (χ1n) is 21.5. The highest BCUT2D eigenvalue weighted by Crippen LogP contribution is 2.43. The van der Waals surface area contributed by atoms with Crippen molar-refractivity contribution in [1.29, 1.82) is 0 Å². The van der Waals surface area contributed by atoms with Crippen molar-refractivity contribution < 1.29 is 42.4 Å². The lowest BCUT2D eigenvalue weighted by Crippen LogP contribution is -2.29. The number of oxime groups is 1. The van der Waals surface area contributed by atoms with Gasteiger partial charge in [-0.3, -0.25) is 18.6 Å². The van der Waals surface area contributed by atoms with Gasteiger partial charge in [0, 0.05) is 25.2 Å². The van der Waals surface area contributed by atoms with E-state index in [-0.39, 0.29) is 32.7 Å². The number of phosphoric ester groups is 1. The van der Waals surface area contributed by atoms with E-state index in [0.717, 1.165) is 38.5 Å². The van der Waals surface area contributed by atoms with Crippen molar-refractivity contribution in [2.75, 3.05) is 26.4 Å². The van der Waals surface area contributed by atoms with Gasteiger partial charge < -0.3 is 24.2 Å². The molecule has 13 heteroatoms. The van der Waals surface area contributed by atoms with Gasteiger partial charge in [-0.25, -0.2) is 9.55 Å². The maximum absolute atomic E-state index is 12.7. The second kappa shape index (κ2) is 36.4. The molecule has 0 aliphatic rings. The van der Waals surface area contributed by atoms with Gasteiger partial charge >= 0.3 is 19.8 Å². The first-order chi connectivity index (χ1) is 26.4. The Morgan fingerprint density at radius 2 is 1.15 bits per heavy atom. The molecular formula is C41H76N3O9P. The second-order valence-electron chi connectivity index (χ2n) is 14.4. The van der Waals surface area contributed by atoms with Crippen LogP contribution in [0.25, 0.3) is 0 Å². The number of hydrogen-bond donors (Lipinski definition) is 2. The molecule has 1 heterocycles. The molecule has 1 aromatic heterocycles. The highest BCUT2D eigenvalue weighted by molar-refractivity contribution is 7.47. The van der Waals surface area contributed by atoms with Crippen LogP contribution < -0.4 is 0 Å². The van der Waals surface area contributed by atoms with Gasteiger partial charge in [0.2, 0.25) is 0 Å². The zero-order valence-corrected chi connectivity index (χ0v) is 34.9. The summed E-state index contributed by atoms with van der Waals surface area (Å²) >= 11 is 0. The maximum Gasteiger partial charge on any atom is 0.472 e. The molecule has 0 saturated carbocycles. The Morgan fingerprint density at radius 3 is 1.61 bits per heavy atom. The van der Waals surface area contributed by atoms with E-state index in [9.17, 15) is 19.0 Å². The summed E-state index contributed by atoms with van der Waals surface area (Å²) in [6.45, 7) is 3.36. The van der Waals surface area contributed by atoms with Crippen LogP contribution in [0.3, 0.4) is 0 Å². The molecule has 2 N–H and O–H groups in total. The second-order valence-corrected chi connectivity index (χ2v) is 15.9. The summed E-state index contributed by atoms with van der Waals surface area (Å²) < 4.78 is 33.5. The first kappa shape index (κ1) is 49.7. The van der Waals surface area contributed by atoms with E-state index in [0.29, 0.717) is 12.2 Å². The monoisotopic (exact) mass is 786 g/mol. The van der Waals surface area contributed by atoms with Crippen LogP contribution in [0.2, 0.25) is 0 Å². The molecular weight excluding hydrogens is 709 g/mol. The molecule has 0 spiro atoms. The standard InChI is InChI=1S/C41H76N3O9P/c1-3-5-7-9-11-13-15-17-19-21-23-25-27-29-40(45)49-36-38(37-52-54(47,48)51-34-33-50-44-35-39-42-31-32-43-39)53-41(46)30-28-26-24-22-20-18-16-14-12-10-8-6-4-2/h31-32,35,38H,3-30,33-34,36-37H2,1-2H3,(H,42,43)(H,47,48)/b44-35+/t38-/m1/s1. The predicted molar refractivity (Wildman–Crippen MR) is 215 cm³/mol. The number of aromatic amines is 1. The number of rotatable bonds is 40. The van der Waals surface area contributed by atoms with Gasteiger partial charge in [-0.1, -0.05) is 173 Å². The molecule has 2 atom stereocenters. The number of ether oxygens (including phenoxy) is 2.